The molecule has 19 heavy (non-hydrogen) atoms. The fourth-order valence-electron chi connectivity index (χ4n) is 2.27. The molecule has 0 fully saturated rings. The predicted molar refractivity (Wildman–Crippen MR) is 74.2 cm³/mol. The summed E-state index contributed by atoms with van der Waals surface area (Å²) in [6, 6.07) is 8.35. The Morgan fingerprint density at radius 2 is 2.21 bits per heavy atom. The molecule has 1 N–H and O–H groups in total. The molecule has 0 aliphatic heterocycles. The Bertz CT molecular complexity index is 549. The second-order valence-corrected chi connectivity index (χ2v) is 4.77. The van der Waals surface area contributed by atoms with E-state index in [4.69, 9.17) is 4.74 Å². The molecule has 0 aliphatic carbocycles. The quantitative estimate of drug-likeness (QED) is 0.898. The van der Waals surface area contributed by atoms with Crippen LogP contribution in [-0.4, -0.2) is 22.0 Å². The topological polar surface area (TPSA) is 47.3 Å². The van der Waals surface area contributed by atoms with Gasteiger partial charge >= 0.3 is 0 Å². The Kier molecular flexibility index (Phi) is 4.22. The van der Waals surface area contributed by atoms with E-state index in [2.05, 4.69) is 30.2 Å². The molecule has 0 radical (unpaired) electrons. The summed E-state index contributed by atoms with van der Waals surface area (Å²) in [5.41, 5.74) is 3.21. The second-order valence-electron chi connectivity index (χ2n) is 4.77. The first-order valence-electron chi connectivity index (χ1n) is 6.41. The lowest BCUT2D eigenvalue weighted by Gasteiger charge is -2.13. The average molecular weight is 260 g/mol. The standard InChI is InChI=1S/C15H20N2O2/c1-11-5-4-6-12(9-11)7-8-13(18)15-14(19-3)10-16-17(15)2/h4-6,9-10,13,18H,7-8H2,1-3H3. The molecule has 1 atom stereocenters. The molecule has 0 spiro atoms. The van der Waals surface area contributed by atoms with Gasteiger partial charge in [0.05, 0.1) is 19.4 Å². The molecule has 1 unspecified atom stereocenters. The molecule has 1 heterocycles. The van der Waals surface area contributed by atoms with Crippen molar-refractivity contribution in [1.29, 1.82) is 0 Å². The number of hydrogen-bond acceptors (Lipinski definition) is 3. The summed E-state index contributed by atoms with van der Waals surface area (Å²) in [7, 11) is 3.40. The first kappa shape index (κ1) is 13.6. The number of aliphatic hydroxyl groups excluding tert-OH is 1. The highest BCUT2D eigenvalue weighted by atomic mass is 16.5. The van der Waals surface area contributed by atoms with Crippen LogP contribution < -0.4 is 4.74 Å². The summed E-state index contributed by atoms with van der Waals surface area (Å²) >= 11 is 0. The lowest BCUT2D eigenvalue weighted by Crippen LogP contribution is -2.08. The fourth-order valence-corrected chi connectivity index (χ4v) is 2.27. The van der Waals surface area contributed by atoms with Gasteiger partial charge in [0.25, 0.3) is 0 Å². The minimum atomic E-state index is -0.567. The Hall–Kier alpha value is -1.81. The molecule has 2 aromatic rings. The maximum absolute atomic E-state index is 10.3. The van der Waals surface area contributed by atoms with Crippen molar-refractivity contribution < 1.29 is 9.84 Å². The molecule has 0 amide bonds. The van der Waals surface area contributed by atoms with E-state index in [1.54, 1.807) is 18.0 Å². The molecule has 0 saturated heterocycles. The van der Waals surface area contributed by atoms with Gasteiger partial charge in [-0.1, -0.05) is 29.8 Å². The molecule has 0 saturated carbocycles. The molecule has 2 rings (SSSR count). The van der Waals surface area contributed by atoms with Gasteiger partial charge in [0.15, 0.2) is 5.75 Å². The normalized spacial score (nSPS) is 12.4. The van der Waals surface area contributed by atoms with E-state index in [0.29, 0.717) is 12.2 Å². The number of rotatable bonds is 5. The summed E-state index contributed by atoms with van der Waals surface area (Å²) in [5.74, 6) is 0.638. The zero-order valence-corrected chi connectivity index (χ0v) is 11.6. The first-order chi connectivity index (χ1) is 9.11. The largest absolute Gasteiger partial charge is 0.493 e. The van der Waals surface area contributed by atoms with E-state index in [1.807, 2.05) is 13.1 Å². The van der Waals surface area contributed by atoms with Crippen LogP contribution in [0.1, 0.15) is 29.3 Å². The van der Waals surface area contributed by atoms with Gasteiger partial charge in [-0.2, -0.15) is 5.10 Å². The minimum Gasteiger partial charge on any atom is -0.493 e. The Labute approximate surface area is 113 Å². The Morgan fingerprint density at radius 3 is 2.89 bits per heavy atom. The molecule has 102 valence electrons. The van der Waals surface area contributed by atoms with Crippen molar-refractivity contribution in [3.8, 4) is 5.75 Å². The van der Waals surface area contributed by atoms with Gasteiger partial charge < -0.3 is 9.84 Å². The number of aliphatic hydroxyl groups is 1. The zero-order valence-electron chi connectivity index (χ0n) is 11.6. The second kappa shape index (κ2) is 5.89. The van der Waals surface area contributed by atoms with Crippen molar-refractivity contribution in [3.05, 3.63) is 47.3 Å². The lowest BCUT2D eigenvalue weighted by molar-refractivity contribution is 0.154. The number of benzene rings is 1. The summed E-state index contributed by atoms with van der Waals surface area (Å²) in [6.07, 6.45) is 2.55. The predicted octanol–water partition coefficient (Wildman–Crippen LogP) is 2.40. The van der Waals surface area contributed by atoms with Crippen LogP contribution in [0.25, 0.3) is 0 Å². The van der Waals surface area contributed by atoms with Crippen LogP contribution in [0, 0.1) is 6.92 Å². The highest BCUT2D eigenvalue weighted by molar-refractivity contribution is 5.28. The van der Waals surface area contributed by atoms with Crippen molar-refractivity contribution in [2.75, 3.05) is 7.11 Å². The van der Waals surface area contributed by atoms with Gasteiger partial charge in [-0.05, 0) is 25.3 Å². The number of nitrogens with zero attached hydrogens (tertiary/aromatic N) is 2. The Balaban J connectivity index is 2.05. The van der Waals surface area contributed by atoms with Gasteiger partial charge in [0, 0.05) is 7.05 Å². The minimum absolute atomic E-state index is 0.567. The first-order valence-corrected chi connectivity index (χ1v) is 6.41. The van der Waals surface area contributed by atoms with Gasteiger partial charge in [-0.15, -0.1) is 0 Å². The lowest BCUT2D eigenvalue weighted by atomic mass is 10.0. The summed E-state index contributed by atoms with van der Waals surface area (Å²) in [6.45, 7) is 2.07. The van der Waals surface area contributed by atoms with E-state index in [1.165, 1.54) is 11.1 Å². The van der Waals surface area contributed by atoms with Crippen molar-refractivity contribution in [1.82, 2.24) is 9.78 Å². The van der Waals surface area contributed by atoms with Crippen LogP contribution in [0.15, 0.2) is 30.5 Å². The van der Waals surface area contributed by atoms with E-state index in [-0.39, 0.29) is 0 Å². The molecule has 0 bridgehead atoms. The third-order valence-corrected chi connectivity index (χ3v) is 3.27. The highest BCUT2D eigenvalue weighted by Crippen LogP contribution is 2.27. The molecular formula is C15H20N2O2. The summed E-state index contributed by atoms with van der Waals surface area (Å²) in [4.78, 5) is 0. The van der Waals surface area contributed by atoms with Crippen LogP contribution >= 0.6 is 0 Å². The summed E-state index contributed by atoms with van der Waals surface area (Å²) < 4.78 is 6.88. The number of ether oxygens (including phenoxy) is 1. The van der Waals surface area contributed by atoms with Gasteiger partial charge in [-0.25, -0.2) is 0 Å². The van der Waals surface area contributed by atoms with E-state index >= 15 is 0 Å². The molecule has 0 aliphatic rings. The SMILES string of the molecule is COc1cnn(C)c1C(O)CCc1cccc(C)c1. The zero-order chi connectivity index (χ0) is 13.8. The maximum Gasteiger partial charge on any atom is 0.162 e. The average Bonchev–Trinajstić information content (AvgIpc) is 2.77. The van der Waals surface area contributed by atoms with Crippen molar-refractivity contribution >= 4 is 0 Å². The number of methoxy groups -OCH3 is 1. The van der Waals surface area contributed by atoms with Gasteiger partial charge in [0.1, 0.15) is 5.69 Å². The van der Waals surface area contributed by atoms with Crippen molar-refractivity contribution in [3.63, 3.8) is 0 Å². The molecular weight excluding hydrogens is 240 g/mol. The van der Waals surface area contributed by atoms with Crippen LogP contribution in [0.4, 0.5) is 0 Å². The Morgan fingerprint density at radius 1 is 1.42 bits per heavy atom. The van der Waals surface area contributed by atoms with Crippen LogP contribution in [0.3, 0.4) is 0 Å². The van der Waals surface area contributed by atoms with E-state index < -0.39 is 6.10 Å². The molecule has 1 aromatic heterocycles. The number of aromatic nitrogens is 2. The van der Waals surface area contributed by atoms with Crippen molar-refractivity contribution in [2.24, 2.45) is 7.05 Å². The van der Waals surface area contributed by atoms with Crippen LogP contribution in [-0.2, 0) is 13.5 Å². The molecule has 4 heteroatoms. The smallest absolute Gasteiger partial charge is 0.162 e. The van der Waals surface area contributed by atoms with Crippen molar-refractivity contribution in [2.45, 2.75) is 25.9 Å². The van der Waals surface area contributed by atoms with Crippen LogP contribution in [0.5, 0.6) is 5.75 Å². The number of aryl methyl sites for hydroxylation is 3. The van der Waals surface area contributed by atoms with E-state index in [0.717, 1.165) is 12.1 Å². The summed E-state index contributed by atoms with van der Waals surface area (Å²) in [5, 5.41) is 14.4. The molecule has 4 nitrogen and oxygen atoms in total. The van der Waals surface area contributed by atoms with E-state index in [9.17, 15) is 5.11 Å². The van der Waals surface area contributed by atoms with Crippen LogP contribution in [0.2, 0.25) is 0 Å². The number of hydrogen-bond donors (Lipinski definition) is 1. The fraction of sp³-hybridized carbons (Fsp3) is 0.400. The molecule has 1 aromatic carbocycles. The third kappa shape index (κ3) is 3.15. The van der Waals surface area contributed by atoms with Gasteiger partial charge in [-0.3, -0.25) is 4.68 Å². The third-order valence-electron chi connectivity index (χ3n) is 3.27. The monoisotopic (exact) mass is 260 g/mol. The van der Waals surface area contributed by atoms with Gasteiger partial charge in [0.2, 0.25) is 0 Å². The maximum atomic E-state index is 10.3. The highest BCUT2D eigenvalue weighted by Gasteiger charge is 2.18.